The van der Waals surface area contributed by atoms with E-state index in [1.54, 1.807) is 0 Å². The standard InChI is InChI=1S/C3H3O.Al.Cd/c1-2-3-4;;/h2H,1H2;;. The molecule has 6 heavy (non-hydrogen) atoms. The molecular formula is C3H3AlCdO. The van der Waals surface area contributed by atoms with E-state index in [4.69, 9.17) is 0 Å². The summed E-state index contributed by atoms with van der Waals surface area (Å²) in [6, 6.07) is 0. The van der Waals surface area contributed by atoms with Gasteiger partial charge in [0, 0.05) is 17.4 Å². The van der Waals surface area contributed by atoms with Crippen molar-refractivity contribution in [2.45, 2.75) is 0 Å². The number of hydrogen-bond acceptors (Lipinski definition) is 1. The predicted octanol–water partition coefficient (Wildman–Crippen LogP) is -0.135. The molecule has 0 aromatic carbocycles. The van der Waals surface area contributed by atoms with Gasteiger partial charge < -0.3 is 0 Å². The van der Waals surface area contributed by atoms with Gasteiger partial charge in [-0.05, 0) is 0 Å². The van der Waals surface area contributed by atoms with E-state index in [0.717, 1.165) is 0 Å². The monoisotopic (exact) mass is 196 g/mol. The molecule has 3 radical (unpaired) electrons. The molecule has 3 heteroatoms. The molecule has 26 valence electrons. The average Bonchev–Trinajstić information content (AvgIpc) is 1.38. The largest absolute Gasteiger partial charge is 0 e. The Hall–Kier alpha value is 0.865. The first-order chi connectivity index (χ1) is 2.27. The van der Waals surface area contributed by atoms with Crippen molar-refractivity contribution in [3.05, 3.63) is 12.7 Å². The van der Waals surface area contributed by atoms with E-state index in [1.807, 2.05) is 0 Å². The van der Waals surface area contributed by atoms with Crippen LogP contribution in [-0.4, -0.2) is 20.7 Å². The van der Waals surface area contributed by atoms with Gasteiger partial charge in [0.05, 0.1) is 0 Å². The molecule has 0 heterocycles. The number of carbonyl (C=O) groups is 1. The molecule has 0 aromatic rings. The van der Waals surface area contributed by atoms with Gasteiger partial charge in [-0.25, -0.2) is 0 Å². The Morgan fingerprint density at radius 1 is 1.83 bits per heavy atom. The molecule has 0 aliphatic heterocycles. The summed E-state index contributed by atoms with van der Waals surface area (Å²) in [5.41, 5.74) is 0. The molecule has 0 saturated heterocycles. The van der Waals surface area contributed by atoms with Gasteiger partial charge in [0.15, 0.2) is 0 Å². The fourth-order valence-corrected chi connectivity index (χ4v) is 0. The summed E-state index contributed by atoms with van der Waals surface area (Å²) in [7, 11) is 0. The molecule has 0 amide bonds. The number of carbonyl (C=O) groups excluding carboxylic acids is 1. The third-order valence-electron chi connectivity index (χ3n) is 0.228. The van der Waals surface area contributed by atoms with Gasteiger partial charge in [0.2, 0.25) is 0 Å². The van der Waals surface area contributed by atoms with Gasteiger partial charge in [-0.1, -0.05) is 0 Å². The summed E-state index contributed by atoms with van der Waals surface area (Å²) in [6.45, 7) is 3.25. The van der Waals surface area contributed by atoms with E-state index >= 15 is 0 Å². The van der Waals surface area contributed by atoms with Crippen molar-refractivity contribution in [3.63, 3.8) is 0 Å². The molecule has 0 aromatic heterocycles. The molecule has 0 spiro atoms. The molecule has 0 aliphatic carbocycles. The van der Waals surface area contributed by atoms with Crippen molar-refractivity contribution in [2.24, 2.45) is 0 Å². The van der Waals surface area contributed by atoms with E-state index in [2.05, 4.69) is 6.58 Å². The molecule has 0 aliphatic rings. The van der Waals surface area contributed by atoms with Crippen molar-refractivity contribution in [3.8, 4) is 0 Å². The SMILES string of the molecule is C=C[C](=O)[Cd].[Al]. The number of rotatable bonds is 1. The minimum Gasteiger partial charge on any atom is 0 e. The van der Waals surface area contributed by atoms with E-state index in [9.17, 15) is 4.79 Å². The Balaban J connectivity index is 0. The summed E-state index contributed by atoms with van der Waals surface area (Å²) < 4.78 is 0.189. The van der Waals surface area contributed by atoms with E-state index in [1.165, 1.54) is 6.08 Å². The van der Waals surface area contributed by atoms with Crippen molar-refractivity contribution in [2.75, 3.05) is 0 Å². The smallest absolute Gasteiger partial charge is 0 e. The van der Waals surface area contributed by atoms with Crippen molar-refractivity contribution in [1.82, 2.24) is 0 Å². The van der Waals surface area contributed by atoms with Crippen molar-refractivity contribution in [1.29, 1.82) is 0 Å². The zero-order chi connectivity index (χ0) is 4.28. The zero-order valence-corrected chi connectivity index (χ0v) is 8.67. The first-order valence-corrected chi connectivity index (χ1v) is 3.27. The fourth-order valence-electron chi connectivity index (χ4n) is 0. The minimum atomic E-state index is 0. The Morgan fingerprint density at radius 3 is 2.00 bits per heavy atom. The second-order valence-electron chi connectivity index (χ2n) is 0.670. The second kappa shape index (κ2) is 5.86. The fraction of sp³-hybridized carbons (Fsp3) is 0. The normalized spacial score (nSPS) is 5.67. The van der Waals surface area contributed by atoms with Crippen LogP contribution in [0.25, 0.3) is 0 Å². The molecule has 0 fully saturated rings. The summed E-state index contributed by atoms with van der Waals surface area (Å²) in [6.07, 6.45) is 1.35. The minimum absolute atomic E-state index is 0. The predicted molar refractivity (Wildman–Crippen MR) is 21.0 cm³/mol. The molecular weight excluding hydrogens is 191 g/mol. The van der Waals surface area contributed by atoms with Crippen LogP contribution in [0.15, 0.2) is 12.7 Å². The maximum absolute atomic E-state index is 9.77. The Kier molecular flexibility index (Phi) is 9.75. The Morgan fingerprint density at radius 2 is 2.00 bits per heavy atom. The van der Waals surface area contributed by atoms with Gasteiger partial charge in [-0.3, -0.25) is 0 Å². The first-order valence-electron chi connectivity index (χ1n) is 1.25. The van der Waals surface area contributed by atoms with Gasteiger partial charge in [0.25, 0.3) is 0 Å². The van der Waals surface area contributed by atoms with Crippen molar-refractivity contribution < 1.29 is 30.6 Å². The van der Waals surface area contributed by atoms with Crippen LogP contribution in [0.4, 0.5) is 0 Å². The molecule has 0 bridgehead atoms. The number of allylic oxidation sites excluding steroid dienone is 1. The van der Waals surface area contributed by atoms with Crippen LogP contribution in [0, 0.1) is 0 Å². The van der Waals surface area contributed by atoms with Gasteiger partial charge in [0.1, 0.15) is 0 Å². The van der Waals surface area contributed by atoms with Crippen LogP contribution in [-0.2, 0) is 30.6 Å². The number of hydrogen-bond donors (Lipinski definition) is 0. The second-order valence-corrected chi connectivity index (χ2v) is 2.66. The third-order valence-corrected chi connectivity index (χ3v) is 1.05. The first kappa shape index (κ1) is 9.98. The average molecular weight is 194 g/mol. The van der Waals surface area contributed by atoms with Crippen LogP contribution in [0.5, 0.6) is 0 Å². The van der Waals surface area contributed by atoms with Crippen LogP contribution >= 0.6 is 0 Å². The Bertz CT molecular complexity index is 61.8. The summed E-state index contributed by atoms with van der Waals surface area (Å²) in [5.74, 6) is 0. The van der Waals surface area contributed by atoms with Crippen molar-refractivity contribution >= 4 is 20.7 Å². The van der Waals surface area contributed by atoms with Gasteiger partial charge >= 0.3 is 46.6 Å². The Labute approximate surface area is 63.6 Å². The van der Waals surface area contributed by atoms with Gasteiger partial charge in [-0.2, -0.15) is 0 Å². The maximum atomic E-state index is 9.77. The summed E-state index contributed by atoms with van der Waals surface area (Å²) in [4.78, 5) is 9.77. The van der Waals surface area contributed by atoms with E-state index < -0.39 is 0 Å². The zero-order valence-electron chi connectivity index (χ0n) is 3.48. The summed E-state index contributed by atoms with van der Waals surface area (Å²) >= 11 is 0.422. The topological polar surface area (TPSA) is 17.1 Å². The summed E-state index contributed by atoms with van der Waals surface area (Å²) in [5, 5.41) is 0. The molecule has 1 nitrogen and oxygen atoms in total. The molecule has 0 N–H and O–H groups in total. The van der Waals surface area contributed by atoms with Crippen LogP contribution < -0.4 is 0 Å². The molecule has 0 saturated carbocycles. The third kappa shape index (κ3) is 8.85. The van der Waals surface area contributed by atoms with Crippen LogP contribution in [0.2, 0.25) is 0 Å². The van der Waals surface area contributed by atoms with E-state index in [-0.39, 0.29) is 20.7 Å². The maximum Gasteiger partial charge on any atom is 0 e. The van der Waals surface area contributed by atoms with Gasteiger partial charge in [-0.15, -0.1) is 0 Å². The van der Waals surface area contributed by atoms with Crippen LogP contribution in [0.3, 0.4) is 0 Å². The van der Waals surface area contributed by atoms with Crippen LogP contribution in [0.1, 0.15) is 0 Å². The molecule has 0 rings (SSSR count). The molecule has 0 unspecified atom stereocenters. The van der Waals surface area contributed by atoms with E-state index in [0.29, 0.717) is 25.8 Å². The quantitative estimate of drug-likeness (QED) is 0.420. The molecule has 0 atom stereocenters.